The minimum absolute atomic E-state index is 0.686. The van der Waals surface area contributed by atoms with Gasteiger partial charge in [-0.3, -0.25) is 0 Å². The fourth-order valence-corrected chi connectivity index (χ4v) is 2.50. The number of allylic oxidation sites excluding steroid dienone is 2. The number of nitrogens with zero attached hydrogens (tertiary/aromatic N) is 1. The van der Waals surface area contributed by atoms with Gasteiger partial charge in [0.15, 0.2) is 0 Å². The number of hydrogen-bond acceptors (Lipinski definition) is 1. The molecule has 1 heteroatoms. The third kappa shape index (κ3) is 4.51. The Hall–Kier alpha value is -0.770. The van der Waals surface area contributed by atoms with Crippen LogP contribution < -0.4 is 0 Å². The molecule has 1 atom stereocenters. The zero-order valence-electron chi connectivity index (χ0n) is 9.97. The summed E-state index contributed by atoms with van der Waals surface area (Å²) >= 11 is 0. The zero-order valence-corrected chi connectivity index (χ0v) is 9.97. The normalized spacial score (nSPS) is 23.2. The molecule has 1 fully saturated rings. The molecule has 0 amide bonds. The number of unbranched alkanes of at least 4 members (excludes halogenated alkanes) is 3. The quantitative estimate of drug-likeness (QED) is 0.459. The maximum absolute atomic E-state index is 8.50. The topological polar surface area (TPSA) is 23.8 Å². The molecular weight excluding hydrogens is 182 g/mol. The average molecular weight is 205 g/mol. The van der Waals surface area contributed by atoms with Gasteiger partial charge in [-0.25, -0.2) is 0 Å². The first kappa shape index (κ1) is 12.3. The highest BCUT2D eigenvalue weighted by Crippen LogP contribution is 2.35. The third-order valence-electron chi connectivity index (χ3n) is 3.36. The molecule has 0 N–H and O–H groups in total. The molecule has 1 aliphatic rings. The van der Waals surface area contributed by atoms with Gasteiger partial charge in [-0.05, 0) is 38.0 Å². The second-order valence-corrected chi connectivity index (χ2v) is 4.56. The Morgan fingerprint density at radius 1 is 1.47 bits per heavy atom. The van der Waals surface area contributed by atoms with E-state index in [4.69, 9.17) is 5.26 Å². The molecule has 1 aliphatic carbocycles. The van der Waals surface area contributed by atoms with Gasteiger partial charge in [0.05, 0.1) is 6.07 Å². The number of hydrogen-bond donors (Lipinski definition) is 0. The van der Waals surface area contributed by atoms with Gasteiger partial charge < -0.3 is 0 Å². The van der Waals surface area contributed by atoms with Crippen molar-refractivity contribution in [3.63, 3.8) is 0 Å². The average Bonchev–Trinajstić information content (AvgIpc) is 2.67. The highest BCUT2D eigenvalue weighted by atomic mass is 14.3. The van der Waals surface area contributed by atoms with E-state index in [9.17, 15) is 0 Å². The lowest BCUT2D eigenvalue weighted by molar-refractivity contribution is 0.525. The van der Waals surface area contributed by atoms with Crippen molar-refractivity contribution in [1.82, 2.24) is 0 Å². The summed E-state index contributed by atoms with van der Waals surface area (Å²) in [6, 6.07) is 2.21. The second kappa shape index (κ2) is 7.51. The van der Waals surface area contributed by atoms with Gasteiger partial charge in [0, 0.05) is 6.42 Å². The summed E-state index contributed by atoms with van der Waals surface area (Å²) in [5.41, 5.74) is 1.65. The van der Waals surface area contributed by atoms with E-state index >= 15 is 0 Å². The highest BCUT2D eigenvalue weighted by Gasteiger charge is 2.19. The molecule has 0 aliphatic heterocycles. The molecule has 1 saturated carbocycles. The first-order chi connectivity index (χ1) is 7.38. The van der Waals surface area contributed by atoms with Gasteiger partial charge in [0.1, 0.15) is 0 Å². The maximum atomic E-state index is 8.50. The molecule has 0 radical (unpaired) electrons. The predicted octanol–water partition coefficient (Wildman–Crippen LogP) is 4.60. The molecule has 0 aromatic heterocycles. The van der Waals surface area contributed by atoms with Crippen LogP contribution in [0.25, 0.3) is 0 Å². The lowest BCUT2D eigenvalue weighted by atomic mass is 9.95. The SMILES string of the molecule is CCCCCC1CCC/C1=C/CCC#N. The van der Waals surface area contributed by atoms with Crippen LogP contribution in [0, 0.1) is 17.2 Å². The van der Waals surface area contributed by atoms with Crippen molar-refractivity contribution in [2.24, 2.45) is 5.92 Å². The van der Waals surface area contributed by atoms with Crippen molar-refractivity contribution in [2.45, 2.75) is 64.7 Å². The Labute approximate surface area is 94.2 Å². The molecule has 0 bridgehead atoms. The monoisotopic (exact) mass is 205 g/mol. The Morgan fingerprint density at radius 2 is 2.33 bits per heavy atom. The zero-order chi connectivity index (χ0) is 10.9. The summed E-state index contributed by atoms with van der Waals surface area (Å²) in [5, 5.41) is 8.50. The van der Waals surface area contributed by atoms with Gasteiger partial charge in [0.2, 0.25) is 0 Å². The molecule has 1 nitrogen and oxygen atoms in total. The highest BCUT2D eigenvalue weighted by molar-refractivity contribution is 5.11. The van der Waals surface area contributed by atoms with Crippen molar-refractivity contribution < 1.29 is 0 Å². The van der Waals surface area contributed by atoms with E-state index < -0.39 is 0 Å². The molecule has 1 unspecified atom stereocenters. The Kier molecular flexibility index (Phi) is 6.16. The summed E-state index contributed by atoms with van der Waals surface area (Å²) in [6.07, 6.45) is 13.5. The minimum atomic E-state index is 0.686. The summed E-state index contributed by atoms with van der Waals surface area (Å²) in [6.45, 7) is 2.26. The van der Waals surface area contributed by atoms with Gasteiger partial charge in [-0.2, -0.15) is 5.26 Å². The third-order valence-corrected chi connectivity index (χ3v) is 3.36. The van der Waals surface area contributed by atoms with Crippen molar-refractivity contribution in [2.75, 3.05) is 0 Å². The molecule has 0 aromatic carbocycles. The minimum Gasteiger partial charge on any atom is -0.198 e. The van der Waals surface area contributed by atoms with Gasteiger partial charge in [-0.1, -0.05) is 37.8 Å². The Morgan fingerprint density at radius 3 is 3.07 bits per heavy atom. The van der Waals surface area contributed by atoms with Crippen molar-refractivity contribution >= 4 is 0 Å². The van der Waals surface area contributed by atoms with E-state index in [1.165, 1.54) is 44.9 Å². The molecule has 1 rings (SSSR count). The summed E-state index contributed by atoms with van der Waals surface area (Å²) in [5.74, 6) is 0.857. The van der Waals surface area contributed by atoms with Crippen LogP contribution in [0.5, 0.6) is 0 Å². The van der Waals surface area contributed by atoms with Gasteiger partial charge in [0.25, 0.3) is 0 Å². The first-order valence-corrected chi connectivity index (χ1v) is 6.44. The molecule has 0 heterocycles. The van der Waals surface area contributed by atoms with Crippen LogP contribution in [0.4, 0.5) is 0 Å². The van der Waals surface area contributed by atoms with Crippen LogP contribution in [0.2, 0.25) is 0 Å². The molecular formula is C14H23N. The fraction of sp³-hybridized carbons (Fsp3) is 0.786. The van der Waals surface area contributed by atoms with Crippen LogP contribution in [-0.2, 0) is 0 Å². The number of nitriles is 1. The van der Waals surface area contributed by atoms with Gasteiger partial charge in [-0.15, -0.1) is 0 Å². The van der Waals surface area contributed by atoms with Gasteiger partial charge >= 0.3 is 0 Å². The van der Waals surface area contributed by atoms with Crippen molar-refractivity contribution in [3.8, 4) is 6.07 Å². The largest absolute Gasteiger partial charge is 0.198 e. The second-order valence-electron chi connectivity index (χ2n) is 4.56. The lowest BCUT2D eigenvalue weighted by Crippen LogP contribution is -1.96. The van der Waals surface area contributed by atoms with Crippen molar-refractivity contribution in [1.29, 1.82) is 5.26 Å². The Bertz CT molecular complexity index is 234. The van der Waals surface area contributed by atoms with E-state index in [0.29, 0.717) is 6.42 Å². The van der Waals surface area contributed by atoms with Crippen LogP contribution >= 0.6 is 0 Å². The lowest BCUT2D eigenvalue weighted by Gasteiger charge is -2.11. The van der Waals surface area contributed by atoms with E-state index in [2.05, 4.69) is 19.1 Å². The van der Waals surface area contributed by atoms with E-state index in [1.807, 2.05) is 0 Å². The molecule has 0 spiro atoms. The molecule has 84 valence electrons. The van der Waals surface area contributed by atoms with E-state index in [1.54, 1.807) is 5.57 Å². The smallest absolute Gasteiger partial charge is 0.0625 e. The molecule has 0 aromatic rings. The predicted molar refractivity (Wildman–Crippen MR) is 64.4 cm³/mol. The summed E-state index contributed by atoms with van der Waals surface area (Å²) in [7, 11) is 0. The fourth-order valence-electron chi connectivity index (χ4n) is 2.50. The molecule has 0 saturated heterocycles. The Balaban J connectivity index is 2.29. The van der Waals surface area contributed by atoms with Crippen LogP contribution in [0.15, 0.2) is 11.6 Å². The van der Waals surface area contributed by atoms with Crippen LogP contribution in [0.1, 0.15) is 64.7 Å². The standard InChI is InChI=1S/C14H23N/c1-2-3-4-8-13-10-7-11-14(13)9-5-6-12-15/h9,13H,2-8,10-11H2,1H3/b14-9-. The maximum Gasteiger partial charge on any atom is 0.0625 e. The van der Waals surface area contributed by atoms with E-state index in [0.717, 1.165) is 12.3 Å². The van der Waals surface area contributed by atoms with Crippen LogP contribution in [-0.4, -0.2) is 0 Å². The van der Waals surface area contributed by atoms with E-state index in [-0.39, 0.29) is 0 Å². The summed E-state index contributed by atoms with van der Waals surface area (Å²) in [4.78, 5) is 0. The van der Waals surface area contributed by atoms with Crippen molar-refractivity contribution in [3.05, 3.63) is 11.6 Å². The number of rotatable bonds is 6. The summed E-state index contributed by atoms with van der Waals surface area (Å²) < 4.78 is 0. The van der Waals surface area contributed by atoms with Crippen LogP contribution in [0.3, 0.4) is 0 Å². The molecule has 15 heavy (non-hydrogen) atoms. The first-order valence-electron chi connectivity index (χ1n) is 6.44.